The van der Waals surface area contributed by atoms with Crippen LogP contribution in [-0.2, 0) is 14.2 Å². The molecule has 1 saturated carbocycles. The summed E-state index contributed by atoms with van der Waals surface area (Å²) in [4.78, 5) is 20.7. The van der Waals surface area contributed by atoms with Gasteiger partial charge in [0.15, 0.2) is 17.7 Å². The molecular formula is C19H24ClN5O6. The van der Waals surface area contributed by atoms with Gasteiger partial charge < -0.3 is 29.4 Å². The Morgan fingerprint density at radius 3 is 2.81 bits per heavy atom. The molecule has 5 rings (SSSR count). The molecule has 3 aliphatic rings. The van der Waals surface area contributed by atoms with E-state index in [2.05, 4.69) is 20.4 Å². The smallest absolute Gasteiger partial charge is 0.394 e. The van der Waals surface area contributed by atoms with Gasteiger partial charge in [0.25, 0.3) is 0 Å². The van der Waals surface area contributed by atoms with E-state index in [1.165, 1.54) is 10.9 Å². The monoisotopic (exact) mass is 453 g/mol. The summed E-state index contributed by atoms with van der Waals surface area (Å²) in [7, 11) is 0. The number of rotatable bonds is 4. The molecule has 3 fully saturated rings. The van der Waals surface area contributed by atoms with Crippen molar-refractivity contribution in [2.75, 3.05) is 6.61 Å². The molecule has 0 bridgehead atoms. The van der Waals surface area contributed by atoms with Gasteiger partial charge in [0.2, 0.25) is 11.2 Å². The first-order chi connectivity index (χ1) is 14.8. The van der Waals surface area contributed by atoms with Crippen LogP contribution in [0, 0.1) is 0 Å². The first kappa shape index (κ1) is 20.8. The third-order valence-electron chi connectivity index (χ3n) is 5.80. The largest absolute Gasteiger partial charge is 0.414 e. The van der Waals surface area contributed by atoms with E-state index in [1.54, 1.807) is 13.8 Å². The SMILES string of the molecule is CC1(C)O[C@@H]2[C@H](O1)[C@@H](CO)O[C@H]2n1ncc2c(OC(=O)NC3CCCC3)nc(Cl)nc21. The number of hydrogen-bond donors (Lipinski definition) is 2. The molecule has 168 valence electrons. The Morgan fingerprint density at radius 2 is 2.06 bits per heavy atom. The average Bonchev–Trinajstić information content (AvgIpc) is 3.45. The number of aromatic nitrogens is 4. The third-order valence-corrected chi connectivity index (χ3v) is 5.97. The fraction of sp³-hybridized carbons (Fsp3) is 0.684. The number of amides is 1. The van der Waals surface area contributed by atoms with Crippen LogP contribution in [0.3, 0.4) is 0 Å². The lowest BCUT2D eigenvalue weighted by molar-refractivity contribution is -0.201. The number of hydrogen-bond acceptors (Lipinski definition) is 9. The van der Waals surface area contributed by atoms with Gasteiger partial charge in [-0.2, -0.15) is 15.1 Å². The third kappa shape index (κ3) is 3.85. The van der Waals surface area contributed by atoms with E-state index in [9.17, 15) is 9.90 Å². The van der Waals surface area contributed by atoms with Crippen molar-refractivity contribution in [2.45, 2.75) is 75.9 Å². The molecular weight excluding hydrogens is 430 g/mol. The van der Waals surface area contributed by atoms with Crippen molar-refractivity contribution in [1.82, 2.24) is 25.1 Å². The number of halogens is 1. The lowest BCUT2D eigenvalue weighted by Gasteiger charge is -2.23. The number of aliphatic hydroxyl groups is 1. The minimum atomic E-state index is -0.826. The summed E-state index contributed by atoms with van der Waals surface area (Å²) in [6.07, 6.45) is 2.64. The lowest BCUT2D eigenvalue weighted by Crippen LogP contribution is -2.35. The molecule has 0 radical (unpaired) electrons. The number of carbonyl (C=O) groups is 1. The van der Waals surface area contributed by atoms with Crippen molar-refractivity contribution in [3.05, 3.63) is 11.5 Å². The molecule has 0 unspecified atom stereocenters. The number of nitrogens with one attached hydrogen (secondary N) is 1. The molecule has 2 aliphatic heterocycles. The molecule has 31 heavy (non-hydrogen) atoms. The van der Waals surface area contributed by atoms with Crippen LogP contribution in [0.4, 0.5) is 4.79 Å². The maximum atomic E-state index is 12.3. The van der Waals surface area contributed by atoms with Crippen LogP contribution < -0.4 is 10.1 Å². The Labute approximate surface area is 183 Å². The predicted octanol–water partition coefficient (Wildman–Crippen LogP) is 1.92. The zero-order valence-corrected chi connectivity index (χ0v) is 17.9. The van der Waals surface area contributed by atoms with Crippen LogP contribution in [0.2, 0.25) is 5.28 Å². The summed E-state index contributed by atoms with van der Waals surface area (Å²) in [5, 5.41) is 17.2. The van der Waals surface area contributed by atoms with Gasteiger partial charge in [-0.25, -0.2) is 9.48 Å². The number of fused-ring (bicyclic) bond motifs is 2. The minimum Gasteiger partial charge on any atom is -0.394 e. The highest BCUT2D eigenvalue weighted by atomic mass is 35.5. The first-order valence-corrected chi connectivity index (χ1v) is 10.7. The zero-order valence-electron chi connectivity index (χ0n) is 17.2. The van der Waals surface area contributed by atoms with Crippen molar-refractivity contribution in [3.63, 3.8) is 0 Å². The van der Waals surface area contributed by atoms with Gasteiger partial charge in [-0.05, 0) is 38.3 Å². The Morgan fingerprint density at radius 1 is 1.32 bits per heavy atom. The van der Waals surface area contributed by atoms with Crippen molar-refractivity contribution in [3.8, 4) is 5.88 Å². The van der Waals surface area contributed by atoms with Crippen LogP contribution in [0.5, 0.6) is 5.88 Å². The van der Waals surface area contributed by atoms with Crippen molar-refractivity contribution in [2.24, 2.45) is 0 Å². The Hall–Kier alpha value is -2.05. The summed E-state index contributed by atoms with van der Waals surface area (Å²) in [5.74, 6) is -0.818. The quantitative estimate of drug-likeness (QED) is 0.666. The Bertz CT molecular complexity index is 994. The van der Waals surface area contributed by atoms with Gasteiger partial charge in [-0.3, -0.25) is 0 Å². The minimum absolute atomic E-state index is 0.00826. The first-order valence-electron chi connectivity index (χ1n) is 10.4. The van der Waals surface area contributed by atoms with E-state index in [4.69, 9.17) is 30.5 Å². The van der Waals surface area contributed by atoms with Gasteiger partial charge in [0, 0.05) is 6.04 Å². The highest BCUT2D eigenvalue weighted by molar-refractivity contribution is 6.28. The number of carbonyl (C=O) groups excluding carboxylic acids is 1. The highest BCUT2D eigenvalue weighted by Gasteiger charge is 2.56. The average molecular weight is 454 g/mol. The van der Waals surface area contributed by atoms with Crippen LogP contribution in [-0.4, -0.2) is 67.7 Å². The summed E-state index contributed by atoms with van der Waals surface area (Å²) in [6, 6.07) is 0.102. The second-order valence-electron chi connectivity index (χ2n) is 8.45. The maximum Gasteiger partial charge on any atom is 0.414 e. The van der Waals surface area contributed by atoms with Crippen LogP contribution in [0.1, 0.15) is 45.8 Å². The predicted molar refractivity (Wildman–Crippen MR) is 107 cm³/mol. The normalized spacial score (nSPS) is 30.1. The van der Waals surface area contributed by atoms with E-state index in [-0.39, 0.29) is 23.8 Å². The van der Waals surface area contributed by atoms with Gasteiger partial charge in [-0.15, -0.1) is 0 Å². The highest BCUT2D eigenvalue weighted by Crippen LogP contribution is 2.43. The standard InChI is InChI=1S/C19H24ClN5O6/c1-19(2)30-12-11(8-26)28-16(13(12)31-19)25-14-10(7-21-25)15(24-17(20)23-14)29-18(27)22-9-5-3-4-6-9/h7,9,11-13,16,26H,3-6,8H2,1-2H3,(H,22,27)/t11-,12-,13-,16-/m1/s1. The molecule has 1 amide bonds. The Balaban J connectivity index is 1.44. The molecule has 12 heteroatoms. The van der Waals surface area contributed by atoms with Gasteiger partial charge in [0.1, 0.15) is 23.7 Å². The van der Waals surface area contributed by atoms with Crippen LogP contribution in [0.15, 0.2) is 6.20 Å². The maximum absolute atomic E-state index is 12.3. The molecule has 1 aliphatic carbocycles. The number of nitrogens with zero attached hydrogens (tertiary/aromatic N) is 4. The fourth-order valence-electron chi connectivity index (χ4n) is 4.50. The van der Waals surface area contributed by atoms with E-state index >= 15 is 0 Å². The molecule has 0 aromatic carbocycles. The Kier molecular flexibility index (Phi) is 5.25. The van der Waals surface area contributed by atoms with Crippen molar-refractivity contribution < 1.29 is 28.8 Å². The molecule has 2 saturated heterocycles. The van der Waals surface area contributed by atoms with Gasteiger partial charge in [-0.1, -0.05) is 12.8 Å². The molecule has 2 aromatic heterocycles. The van der Waals surface area contributed by atoms with E-state index in [1.807, 2.05) is 0 Å². The topological polar surface area (TPSA) is 130 Å². The molecule has 2 aromatic rings. The number of ether oxygens (including phenoxy) is 4. The summed E-state index contributed by atoms with van der Waals surface area (Å²) in [6.45, 7) is 3.36. The number of aliphatic hydroxyl groups excluding tert-OH is 1. The van der Waals surface area contributed by atoms with Crippen LogP contribution in [0.25, 0.3) is 11.0 Å². The van der Waals surface area contributed by atoms with Crippen LogP contribution >= 0.6 is 11.6 Å². The fourth-order valence-corrected chi connectivity index (χ4v) is 4.65. The summed E-state index contributed by atoms with van der Waals surface area (Å²) >= 11 is 6.11. The second kappa shape index (κ2) is 7.82. The van der Waals surface area contributed by atoms with E-state index in [0.717, 1.165) is 25.7 Å². The summed E-state index contributed by atoms with van der Waals surface area (Å²) in [5.41, 5.74) is 0.319. The molecule has 11 nitrogen and oxygen atoms in total. The van der Waals surface area contributed by atoms with Crippen molar-refractivity contribution >= 4 is 28.7 Å². The molecule has 2 N–H and O–H groups in total. The second-order valence-corrected chi connectivity index (χ2v) is 8.79. The molecule has 4 atom stereocenters. The molecule has 4 heterocycles. The van der Waals surface area contributed by atoms with Gasteiger partial charge in [0.05, 0.1) is 12.8 Å². The van der Waals surface area contributed by atoms with E-state index < -0.39 is 36.4 Å². The molecule has 0 spiro atoms. The lowest BCUT2D eigenvalue weighted by atomic mass is 10.1. The van der Waals surface area contributed by atoms with Crippen molar-refractivity contribution in [1.29, 1.82) is 0 Å². The van der Waals surface area contributed by atoms with Gasteiger partial charge >= 0.3 is 6.09 Å². The summed E-state index contributed by atoms with van der Waals surface area (Å²) < 4.78 is 24.8. The van der Waals surface area contributed by atoms with E-state index in [0.29, 0.717) is 11.0 Å². The zero-order chi connectivity index (χ0) is 21.8.